The summed E-state index contributed by atoms with van der Waals surface area (Å²) in [5, 5.41) is 0. The Morgan fingerprint density at radius 2 is 2.27 bits per heavy atom. The Morgan fingerprint density at radius 1 is 1.53 bits per heavy atom. The number of halogens is 1. The van der Waals surface area contributed by atoms with Crippen molar-refractivity contribution in [3.05, 3.63) is 33.8 Å². The van der Waals surface area contributed by atoms with Gasteiger partial charge in [-0.1, -0.05) is 41.4 Å². The van der Waals surface area contributed by atoms with Gasteiger partial charge in [0, 0.05) is 10.0 Å². The molecule has 2 heteroatoms. The third kappa shape index (κ3) is 1.98. The molecule has 1 aliphatic carbocycles. The van der Waals surface area contributed by atoms with Gasteiger partial charge in [0.25, 0.3) is 0 Å². The molecule has 0 aliphatic heterocycles. The smallest absolute Gasteiger partial charge is 0.0453 e. The molecule has 82 valence electrons. The summed E-state index contributed by atoms with van der Waals surface area (Å²) in [5.74, 6) is 0.682. The van der Waals surface area contributed by atoms with Crippen LogP contribution in [0.5, 0.6) is 0 Å². The van der Waals surface area contributed by atoms with Gasteiger partial charge in [0.15, 0.2) is 0 Å². The first-order chi connectivity index (χ1) is 7.08. The van der Waals surface area contributed by atoms with Gasteiger partial charge in [-0.05, 0) is 42.9 Å². The van der Waals surface area contributed by atoms with Gasteiger partial charge in [-0.3, -0.25) is 0 Å². The van der Waals surface area contributed by atoms with Crippen LogP contribution in [0.25, 0.3) is 0 Å². The molecular formula is C13H18BrN. The second kappa shape index (κ2) is 3.91. The van der Waals surface area contributed by atoms with Crippen molar-refractivity contribution >= 4 is 15.9 Å². The Bertz CT molecular complexity index is 375. The number of hydrogen-bond acceptors (Lipinski definition) is 1. The molecule has 2 N–H and O–H groups in total. The minimum absolute atomic E-state index is 0.0530. The van der Waals surface area contributed by atoms with Gasteiger partial charge in [-0.25, -0.2) is 0 Å². The molecule has 0 heterocycles. The largest absolute Gasteiger partial charge is 0.321 e. The van der Waals surface area contributed by atoms with Crippen LogP contribution in [0, 0.1) is 12.8 Å². The van der Waals surface area contributed by atoms with Crippen LogP contribution < -0.4 is 5.73 Å². The Balaban J connectivity index is 2.24. The molecule has 1 aromatic rings. The SMILES string of the molecule is CCCC1CC1(N)c1ccc(C)cc1Br. The quantitative estimate of drug-likeness (QED) is 0.888. The van der Waals surface area contributed by atoms with E-state index in [1.807, 2.05) is 0 Å². The normalized spacial score (nSPS) is 29.2. The molecular weight excluding hydrogens is 250 g/mol. The lowest BCUT2D eigenvalue weighted by Crippen LogP contribution is -2.22. The molecule has 0 bridgehead atoms. The molecule has 0 spiro atoms. The second-order valence-corrected chi connectivity index (χ2v) is 5.57. The zero-order valence-electron chi connectivity index (χ0n) is 9.39. The van der Waals surface area contributed by atoms with Crippen LogP contribution in [0.15, 0.2) is 22.7 Å². The third-order valence-corrected chi connectivity index (χ3v) is 4.07. The minimum Gasteiger partial charge on any atom is -0.321 e. The summed E-state index contributed by atoms with van der Waals surface area (Å²) in [6.07, 6.45) is 3.62. The molecule has 2 rings (SSSR count). The molecule has 1 aliphatic rings. The summed E-state index contributed by atoms with van der Waals surface area (Å²) in [6, 6.07) is 6.48. The molecule has 1 saturated carbocycles. The number of hydrogen-bond donors (Lipinski definition) is 1. The standard InChI is InChI=1S/C13H18BrN/c1-3-4-10-8-13(10,15)11-6-5-9(2)7-12(11)14/h5-7,10H,3-4,8,15H2,1-2H3. The zero-order chi connectivity index (χ0) is 11.1. The molecule has 0 amide bonds. The molecule has 1 nitrogen and oxygen atoms in total. The van der Waals surface area contributed by atoms with Crippen LogP contribution in [-0.4, -0.2) is 0 Å². The minimum atomic E-state index is -0.0530. The zero-order valence-corrected chi connectivity index (χ0v) is 11.0. The summed E-state index contributed by atoms with van der Waals surface area (Å²) >= 11 is 3.62. The fourth-order valence-electron chi connectivity index (χ4n) is 2.38. The first-order valence-electron chi connectivity index (χ1n) is 5.63. The van der Waals surface area contributed by atoms with E-state index >= 15 is 0 Å². The van der Waals surface area contributed by atoms with Crippen molar-refractivity contribution in [1.29, 1.82) is 0 Å². The van der Waals surface area contributed by atoms with Crippen LogP contribution in [0.3, 0.4) is 0 Å². The van der Waals surface area contributed by atoms with Crippen LogP contribution >= 0.6 is 15.9 Å². The van der Waals surface area contributed by atoms with Crippen LogP contribution in [0.1, 0.15) is 37.3 Å². The van der Waals surface area contributed by atoms with E-state index in [1.165, 1.54) is 28.4 Å². The van der Waals surface area contributed by atoms with Gasteiger partial charge >= 0.3 is 0 Å². The Kier molecular flexibility index (Phi) is 2.91. The summed E-state index contributed by atoms with van der Waals surface area (Å²) in [6.45, 7) is 4.33. The highest BCUT2D eigenvalue weighted by molar-refractivity contribution is 9.10. The average Bonchev–Trinajstić information content (AvgIpc) is 2.78. The van der Waals surface area contributed by atoms with Gasteiger partial charge in [-0.2, -0.15) is 0 Å². The molecule has 0 radical (unpaired) electrons. The highest BCUT2D eigenvalue weighted by atomic mass is 79.9. The monoisotopic (exact) mass is 267 g/mol. The molecule has 0 aromatic heterocycles. The average molecular weight is 268 g/mol. The molecule has 15 heavy (non-hydrogen) atoms. The lowest BCUT2D eigenvalue weighted by atomic mass is 10.0. The predicted molar refractivity (Wildman–Crippen MR) is 67.8 cm³/mol. The number of aryl methyl sites for hydroxylation is 1. The summed E-state index contributed by atoms with van der Waals surface area (Å²) in [4.78, 5) is 0. The van der Waals surface area contributed by atoms with E-state index in [0.717, 1.165) is 6.42 Å². The highest BCUT2D eigenvalue weighted by Crippen LogP contribution is 2.53. The Labute approximate surface area is 100 Å². The van der Waals surface area contributed by atoms with Crippen LogP contribution in [0.2, 0.25) is 0 Å². The van der Waals surface area contributed by atoms with E-state index in [-0.39, 0.29) is 5.54 Å². The summed E-state index contributed by atoms with van der Waals surface area (Å²) in [7, 11) is 0. The molecule has 2 unspecified atom stereocenters. The van der Waals surface area contributed by atoms with Crippen molar-refractivity contribution in [2.24, 2.45) is 11.7 Å². The molecule has 2 atom stereocenters. The van der Waals surface area contributed by atoms with E-state index in [9.17, 15) is 0 Å². The van der Waals surface area contributed by atoms with Crippen LogP contribution in [0.4, 0.5) is 0 Å². The Morgan fingerprint density at radius 3 is 2.87 bits per heavy atom. The van der Waals surface area contributed by atoms with Crippen molar-refractivity contribution in [2.75, 3.05) is 0 Å². The predicted octanol–water partition coefficient (Wildman–Crippen LogP) is 3.73. The van der Waals surface area contributed by atoms with E-state index in [0.29, 0.717) is 5.92 Å². The summed E-state index contributed by atoms with van der Waals surface area (Å²) < 4.78 is 1.17. The van der Waals surface area contributed by atoms with E-state index in [2.05, 4.69) is 48.0 Å². The van der Waals surface area contributed by atoms with Gasteiger partial charge in [0.2, 0.25) is 0 Å². The van der Waals surface area contributed by atoms with Crippen LogP contribution in [-0.2, 0) is 5.54 Å². The maximum Gasteiger partial charge on any atom is 0.0453 e. The first kappa shape index (κ1) is 11.2. The lowest BCUT2D eigenvalue weighted by molar-refractivity contribution is 0.582. The van der Waals surface area contributed by atoms with Crippen molar-refractivity contribution in [2.45, 2.75) is 38.6 Å². The first-order valence-corrected chi connectivity index (χ1v) is 6.42. The fraction of sp³-hybridized carbons (Fsp3) is 0.538. The second-order valence-electron chi connectivity index (χ2n) is 4.71. The van der Waals surface area contributed by atoms with Gasteiger partial charge in [0.05, 0.1) is 0 Å². The summed E-state index contributed by atoms with van der Waals surface area (Å²) in [5.41, 5.74) is 8.93. The van der Waals surface area contributed by atoms with E-state index < -0.39 is 0 Å². The number of benzene rings is 1. The number of nitrogens with two attached hydrogens (primary N) is 1. The maximum absolute atomic E-state index is 6.42. The van der Waals surface area contributed by atoms with E-state index in [4.69, 9.17) is 5.73 Å². The van der Waals surface area contributed by atoms with Gasteiger partial charge in [-0.15, -0.1) is 0 Å². The highest BCUT2D eigenvalue weighted by Gasteiger charge is 2.51. The molecule has 1 fully saturated rings. The fourth-order valence-corrected chi connectivity index (χ4v) is 3.25. The van der Waals surface area contributed by atoms with Crippen molar-refractivity contribution in [3.8, 4) is 0 Å². The van der Waals surface area contributed by atoms with Crippen molar-refractivity contribution in [1.82, 2.24) is 0 Å². The van der Waals surface area contributed by atoms with Crippen molar-refractivity contribution in [3.63, 3.8) is 0 Å². The maximum atomic E-state index is 6.42. The lowest BCUT2D eigenvalue weighted by Gasteiger charge is -2.14. The molecule has 1 aromatic carbocycles. The molecule has 0 saturated heterocycles. The van der Waals surface area contributed by atoms with E-state index in [1.54, 1.807) is 0 Å². The third-order valence-electron chi connectivity index (χ3n) is 3.42. The number of rotatable bonds is 3. The topological polar surface area (TPSA) is 26.0 Å². The van der Waals surface area contributed by atoms with Crippen molar-refractivity contribution < 1.29 is 0 Å². The Hall–Kier alpha value is -0.340. The van der Waals surface area contributed by atoms with Gasteiger partial charge in [0.1, 0.15) is 0 Å². The van der Waals surface area contributed by atoms with Gasteiger partial charge < -0.3 is 5.73 Å².